The molecule has 2 aromatic carbocycles. The molecule has 0 radical (unpaired) electrons. The monoisotopic (exact) mass is 576 g/mol. The van der Waals surface area contributed by atoms with E-state index >= 15 is 4.39 Å². The first-order chi connectivity index (χ1) is 19.8. The second-order valence-corrected chi connectivity index (χ2v) is 11.2. The van der Waals surface area contributed by atoms with E-state index in [1.54, 1.807) is 25.5 Å². The number of nitrogens with zero attached hydrogens (tertiary/aromatic N) is 4. The minimum atomic E-state index is -0.834. The molecule has 0 unspecified atom stereocenters. The maximum absolute atomic E-state index is 15.3. The average molecular weight is 577 g/mol. The SMILES string of the molecule is CN(C)c1nn(C)c2ccc(Nc3nc(N[C@@H](CNC(=O)OC(C)(C)C)Cc4ccccc4)c(F)cc3C(N)=O)cc12. The molecule has 0 bridgehead atoms. The largest absolute Gasteiger partial charge is 0.444 e. The number of aromatic nitrogens is 3. The van der Waals surface area contributed by atoms with Crippen LogP contribution in [-0.4, -0.2) is 59.0 Å². The lowest BCUT2D eigenvalue weighted by atomic mass is 10.1. The Labute approximate surface area is 244 Å². The molecule has 2 amide bonds. The summed E-state index contributed by atoms with van der Waals surface area (Å²) in [5.74, 6) is -0.853. The van der Waals surface area contributed by atoms with Gasteiger partial charge in [-0.2, -0.15) is 5.10 Å². The highest BCUT2D eigenvalue weighted by atomic mass is 19.1. The number of aryl methyl sites for hydroxylation is 1. The highest BCUT2D eigenvalue weighted by Gasteiger charge is 2.22. The van der Waals surface area contributed by atoms with Gasteiger partial charge in [0.1, 0.15) is 11.4 Å². The maximum Gasteiger partial charge on any atom is 0.407 e. The summed E-state index contributed by atoms with van der Waals surface area (Å²) in [4.78, 5) is 30.9. The molecular formula is C30H37FN8O3. The first-order valence-corrected chi connectivity index (χ1v) is 13.5. The van der Waals surface area contributed by atoms with Crippen LogP contribution < -0.4 is 26.6 Å². The number of fused-ring (bicyclic) bond motifs is 1. The smallest absolute Gasteiger partial charge is 0.407 e. The van der Waals surface area contributed by atoms with Crippen molar-refractivity contribution < 1.29 is 18.7 Å². The van der Waals surface area contributed by atoms with E-state index in [2.05, 4.69) is 26.0 Å². The zero-order valence-corrected chi connectivity index (χ0v) is 24.7. The Hall–Kier alpha value is -4.87. The molecule has 0 aliphatic rings. The van der Waals surface area contributed by atoms with E-state index in [-0.39, 0.29) is 23.7 Å². The number of nitrogens with one attached hydrogen (secondary N) is 3. The zero-order valence-electron chi connectivity index (χ0n) is 24.7. The van der Waals surface area contributed by atoms with Crippen molar-refractivity contribution in [1.82, 2.24) is 20.1 Å². The van der Waals surface area contributed by atoms with Crippen LogP contribution in [0.3, 0.4) is 0 Å². The highest BCUT2D eigenvalue weighted by molar-refractivity contribution is 5.99. The predicted octanol–water partition coefficient (Wildman–Crippen LogP) is 4.56. The summed E-state index contributed by atoms with van der Waals surface area (Å²) in [7, 11) is 5.66. The Morgan fingerprint density at radius 3 is 2.45 bits per heavy atom. The Morgan fingerprint density at radius 2 is 1.81 bits per heavy atom. The number of hydrogen-bond acceptors (Lipinski definition) is 8. The molecule has 1 atom stereocenters. The number of benzene rings is 2. The molecule has 4 rings (SSSR count). The number of hydrogen-bond donors (Lipinski definition) is 4. The highest BCUT2D eigenvalue weighted by Crippen LogP contribution is 2.30. The lowest BCUT2D eigenvalue weighted by Gasteiger charge is -2.24. The molecule has 0 fully saturated rings. The summed E-state index contributed by atoms with van der Waals surface area (Å²) in [6.45, 7) is 5.44. The normalized spacial score (nSPS) is 12.1. The number of ether oxygens (including phenoxy) is 1. The van der Waals surface area contributed by atoms with Gasteiger partial charge in [0.15, 0.2) is 17.5 Å². The molecule has 2 aromatic heterocycles. The number of carbonyl (C=O) groups is 2. The maximum atomic E-state index is 15.3. The quantitative estimate of drug-likeness (QED) is 0.215. The van der Waals surface area contributed by atoms with E-state index < -0.39 is 29.5 Å². The van der Waals surface area contributed by atoms with E-state index in [1.165, 1.54) is 0 Å². The third-order valence-electron chi connectivity index (χ3n) is 6.32. The number of alkyl carbamates (subject to hydrolysis) is 1. The zero-order chi connectivity index (χ0) is 30.6. The van der Waals surface area contributed by atoms with Gasteiger partial charge in [0.05, 0.1) is 11.1 Å². The molecule has 5 N–H and O–H groups in total. The molecule has 0 saturated heterocycles. The Morgan fingerprint density at radius 1 is 1.10 bits per heavy atom. The van der Waals surface area contributed by atoms with Crippen LogP contribution in [0.15, 0.2) is 54.6 Å². The number of amides is 2. The van der Waals surface area contributed by atoms with Crippen molar-refractivity contribution in [1.29, 1.82) is 0 Å². The molecule has 11 nitrogen and oxygen atoms in total. The molecule has 0 aliphatic heterocycles. The molecule has 12 heteroatoms. The van der Waals surface area contributed by atoms with Crippen molar-refractivity contribution in [3.63, 3.8) is 0 Å². The second kappa shape index (κ2) is 12.3. The summed E-state index contributed by atoms with van der Waals surface area (Å²) in [5, 5.41) is 14.4. The molecule has 4 aromatic rings. The lowest BCUT2D eigenvalue weighted by Crippen LogP contribution is -2.40. The van der Waals surface area contributed by atoms with E-state index in [1.807, 2.05) is 74.6 Å². The Kier molecular flexibility index (Phi) is 8.84. The Bertz CT molecular complexity index is 1580. The molecule has 0 aliphatic carbocycles. The topological polar surface area (TPSA) is 139 Å². The summed E-state index contributed by atoms with van der Waals surface area (Å²) in [5.41, 5.74) is 7.30. The van der Waals surface area contributed by atoms with Gasteiger partial charge in [-0.3, -0.25) is 9.48 Å². The van der Waals surface area contributed by atoms with Gasteiger partial charge in [-0.05, 0) is 57.0 Å². The van der Waals surface area contributed by atoms with Crippen LogP contribution in [0.25, 0.3) is 10.9 Å². The van der Waals surface area contributed by atoms with Gasteiger partial charge in [0.25, 0.3) is 5.91 Å². The van der Waals surface area contributed by atoms with Gasteiger partial charge in [-0.25, -0.2) is 14.2 Å². The number of pyridine rings is 1. The van der Waals surface area contributed by atoms with Crippen molar-refractivity contribution in [2.24, 2.45) is 12.8 Å². The van der Waals surface area contributed by atoms with Crippen LogP contribution in [0.4, 0.5) is 32.3 Å². The van der Waals surface area contributed by atoms with Crippen molar-refractivity contribution in [3.05, 3.63) is 71.5 Å². The van der Waals surface area contributed by atoms with Crippen LogP contribution in [0.1, 0.15) is 36.7 Å². The van der Waals surface area contributed by atoms with Crippen LogP contribution in [-0.2, 0) is 18.2 Å². The number of carbonyl (C=O) groups excluding carboxylic acids is 2. The second-order valence-electron chi connectivity index (χ2n) is 11.2. The third-order valence-corrected chi connectivity index (χ3v) is 6.32. The summed E-state index contributed by atoms with van der Waals surface area (Å²) in [6, 6.07) is 15.7. The first-order valence-electron chi connectivity index (χ1n) is 13.5. The molecule has 0 spiro atoms. The minimum absolute atomic E-state index is 0.0830. The van der Waals surface area contributed by atoms with Crippen molar-refractivity contribution in [2.75, 3.05) is 36.2 Å². The molecule has 42 heavy (non-hydrogen) atoms. The van der Waals surface area contributed by atoms with E-state index in [0.717, 1.165) is 28.4 Å². The number of halogens is 1. The molecule has 0 saturated carbocycles. The number of rotatable bonds is 10. The number of anilines is 4. The van der Waals surface area contributed by atoms with E-state index in [9.17, 15) is 9.59 Å². The summed E-state index contributed by atoms with van der Waals surface area (Å²) >= 11 is 0. The lowest BCUT2D eigenvalue weighted by molar-refractivity contribution is 0.0525. The van der Waals surface area contributed by atoms with Crippen LogP contribution >= 0.6 is 0 Å². The number of nitrogens with two attached hydrogens (primary N) is 1. The van der Waals surface area contributed by atoms with Gasteiger partial charge >= 0.3 is 6.09 Å². The van der Waals surface area contributed by atoms with Crippen LogP contribution in [0.2, 0.25) is 0 Å². The fourth-order valence-corrected chi connectivity index (χ4v) is 4.45. The number of primary amides is 1. The summed E-state index contributed by atoms with van der Waals surface area (Å²) in [6.07, 6.45) is -0.145. The standard InChI is InChI=1S/C30H37FN8O3/c1-30(2,3)42-29(41)33-17-20(14-18-10-8-7-9-11-18)35-27-23(31)16-22(25(32)40)26(36-27)34-19-12-13-24-21(15-19)28(38(4)5)37-39(24)6/h7-13,15-16,20H,14,17H2,1-6H3,(H2,32,40)(H,33,41)(H2,34,35,36)/t20-/m1/s1. The van der Waals surface area contributed by atoms with Gasteiger partial charge in [-0.1, -0.05) is 30.3 Å². The van der Waals surface area contributed by atoms with Gasteiger partial charge in [0, 0.05) is 44.8 Å². The van der Waals surface area contributed by atoms with E-state index in [4.69, 9.17) is 10.5 Å². The third kappa shape index (κ3) is 7.45. The molecule has 2 heterocycles. The Balaban J connectivity index is 1.64. The molecular weight excluding hydrogens is 539 g/mol. The van der Waals surface area contributed by atoms with Gasteiger partial charge in [0.2, 0.25) is 0 Å². The van der Waals surface area contributed by atoms with Crippen molar-refractivity contribution in [3.8, 4) is 0 Å². The van der Waals surface area contributed by atoms with Crippen LogP contribution in [0.5, 0.6) is 0 Å². The van der Waals surface area contributed by atoms with Crippen molar-refractivity contribution >= 4 is 46.0 Å². The minimum Gasteiger partial charge on any atom is -0.444 e. The van der Waals surface area contributed by atoms with Crippen LogP contribution in [0, 0.1) is 5.82 Å². The fourth-order valence-electron chi connectivity index (χ4n) is 4.45. The van der Waals surface area contributed by atoms with Crippen molar-refractivity contribution in [2.45, 2.75) is 38.8 Å². The fraction of sp³-hybridized carbons (Fsp3) is 0.333. The average Bonchev–Trinajstić information content (AvgIpc) is 3.24. The van der Waals surface area contributed by atoms with E-state index in [0.29, 0.717) is 12.1 Å². The summed E-state index contributed by atoms with van der Waals surface area (Å²) < 4.78 is 22.4. The predicted molar refractivity (Wildman–Crippen MR) is 163 cm³/mol. The van der Waals surface area contributed by atoms with Gasteiger partial charge in [-0.15, -0.1) is 0 Å². The molecule has 222 valence electrons. The van der Waals surface area contributed by atoms with Gasteiger partial charge < -0.3 is 31.3 Å². The first kappa shape index (κ1) is 30.1.